The van der Waals surface area contributed by atoms with Crippen molar-refractivity contribution >= 4 is 27.3 Å². The second-order valence-corrected chi connectivity index (χ2v) is 7.87. The summed E-state index contributed by atoms with van der Waals surface area (Å²) in [4.78, 5) is 5.58. The maximum absolute atomic E-state index is 3.63. The average molecular weight is 379 g/mol. The van der Waals surface area contributed by atoms with Crippen molar-refractivity contribution in [1.82, 2.24) is 10.2 Å². The lowest BCUT2D eigenvalue weighted by molar-refractivity contribution is 0.244. The Balaban J connectivity index is 1.97. The number of nitrogens with one attached hydrogen (secondary N) is 1. The van der Waals surface area contributed by atoms with Crippen molar-refractivity contribution in [2.75, 3.05) is 26.2 Å². The van der Waals surface area contributed by atoms with Crippen LogP contribution in [0, 0.1) is 0 Å². The van der Waals surface area contributed by atoms with E-state index in [1.807, 2.05) is 11.3 Å². The minimum Gasteiger partial charge on any atom is -0.315 e. The summed E-state index contributed by atoms with van der Waals surface area (Å²) < 4.78 is 1.16. The quantitative estimate of drug-likeness (QED) is 0.844. The van der Waals surface area contributed by atoms with Crippen LogP contribution >= 0.6 is 27.3 Å². The second-order valence-electron chi connectivity index (χ2n) is 5.75. The van der Waals surface area contributed by atoms with Crippen LogP contribution in [0.25, 0.3) is 0 Å². The van der Waals surface area contributed by atoms with Crippen molar-refractivity contribution in [1.29, 1.82) is 0 Å². The third-order valence-electron chi connectivity index (χ3n) is 4.20. The maximum atomic E-state index is 3.63. The molecule has 118 valence electrons. The van der Waals surface area contributed by atoms with Gasteiger partial charge in [-0.1, -0.05) is 35.0 Å². The SMILES string of the molecule is CCc1ccc(C(c2cccc(Br)c2)N2CCCNCC2)s1. The van der Waals surface area contributed by atoms with Crippen molar-refractivity contribution in [2.45, 2.75) is 25.8 Å². The van der Waals surface area contributed by atoms with E-state index in [1.54, 1.807) is 0 Å². The second kappa shape index (κ2) is 7.73. The summed E-state index contributed by atoms with van der Waals surface area (Å²) in [6.07, 6.45) is 2.34. The molecule has 0 bridgehead atoms. The Morgan fingerprint density at radius 1 is 1.23 bits per heavy atom. The van der Waals surface area contributed by atoms with Crippen LogP contribution in [0.1, 0.15) is 34.7 Å². The molecule has 4 heteroatoms. The first kappa shape index (κ1) is 16.2. The number of benzene rings is 1. The van der Waals surface area contributed by atoms with E-state index in [2.05, 4.69) is 69.5 Å². The van der Waals surface area contributed by atoms with Crippen LogP contribution in [-0.2, 0) is 6.42 Å². The molecule has 0 amide bonds. The Bertz CT molecular complexity index is 603. The number of nitrogens with zero attached hydrogens (tertiary/aromatic N) is 1. The molecule has 1 unspecified atom stereocenters. The highest BCUT2D eigenvalue weighted by Crippen LogP contribution is 2.35. The third kappa shape index (κ3) is 3.80. The molecule has 22 heavy (non-hydrogen) atoms. The third-order valence-corrected chi connectivity index (χ3v) is 5.98. The molecule has 2 aromatic rings. The lowest BCUT2D eigenvalue weighted by Crippen LogP contribution is -2.32. The monoisotopic (exact) mass is 378 g/mol. The number of thiophene rings is 1. The predicted octanol–water partition coefficient (Wildman–Crippen LogP) is 4.46. The topological polar surface area (TPSA) is 15.3 Å². The van der Waals surface area contributed by atoms with Gasteiger partial charge in [-0.3, -0.25) is 4.90 Å². The number of halogens is 1. The molecule has 1 aromatic heterocycles. The van der Waals surface area contributed by atoms with Gasteiger partial charge in [-0.25, -0.2) is 0 Å². The van der Waals surface area contributed by atoms with E-state index in [-0.39, 0.29) is 0 Å². The number of rotatable bonds is 4. The fraction of sp³-hybridized carbons (Fsp3) is 0.444. The molecular weight excluding hydrogens is 356 g/mol. The predicted molar refractivity (Wildman–Crippen MR) is 98.7 cm³/mol. The summed E-state index contributed by atoms with van der Waals surface area (Å²) in [5, 5.41) is 3.52. The summed E-state index contributed by atoms with van der Waals surface area (Å²) in [6, 6.07) is 13.8. The number of hydrogen-bond acceptors (Lipinski definition) is 3. The molecular formula is C18H23BrN2S. The molecule has 2 nitrogen and oxygen atoms in total. The standard InChI is InChI=1S/C18H23BrN2S/c1-2-16-7-8-17(22-16)18(14-5-3-6-15(19)13-14)21-11-4-9-20-10-12-21/h3,5-8,13,18,20H,2,4,9-12H2,1H3. The van der Waals surface area contributed by atoms with E-state index in [1.165, 1.54) is 21.7 Å². The number of hydrogen-bond donors (Lipinski definition) is 1. The van der Waals surface area contributed by atoms with Crippen molar-refractivity contribution in [3.05, 3.63) is 56.2 Å². The van der Waals surface area contributed by atoms with Crippen molar-refractivity contribution in [3.8, 4) is 0 Å². The Hall–Kier alpha value is -0.680. The average Bonchev–Trinajstić information content (AvgIpc) is 2.83. The number of aryl methyl sites for hydroxylation is 1. The molecule has 1 N–H and O–H groups in total. The van der Waals surface area contributed by atoms with Crippen LogP contribution in [0.15, 0.2) is 40.9 Å². The maximum Gasteiger partial charge on any atom is 0.0697 e. The van der Waals surface area contributed by atoms with Gasteiger partial charge in [0, 0.05) is 33.9 Å². The summed E-state index contributed by atoms with van der Waals surface area (Å²) >= 11 is 5.60. The van der Waals surface area contributed by atoms with Gasteiger partial charge in [0.1, 0.15) is 0 Å². The van der Waals surface area contributed by atoms with Crippen LogP contribution < -0.4 is 5.32 Å². The van der Waals surface area contributed by atoms with Crippen LogP contribution in [0.2, 0.25) is 0 Å². The van der Waals surface area contributed by atoms with Gasteiger partial charge in [-0.15, -0.1) is 11.3 Å². The molecule has 2 heterocycles. The van der Waals surface area contributed by atoms with E-state index in [4.69, 9.17) is 0 Å². The largest absolute Gasteiger partial charge is 0.315 e. The molecule has 0 spiro atoms. The van der Waals surface area contributed by atoms with Crippen LogP contribution in [0.5, 0.6) is 0 Å². The zero-order chi connectivity index (χ0) is 15.4. The van der Waals surface area contributed by atoms with Crippen LogP contribution in [0.4, 0.5) is 0 Å². The highest BCUT2D eigenvalue weighted by Gasteiger charge is 2.24. The molecule has 1 aliphatic heterocycles. The zero-order valence-corrected chi connectivity index (χ0v) is 15.4. The van der Waals surface area contributed by atoms with Gasteiger partial charge < -0.3 is 5.32 Å². The van der Waals surface area contributed by atoms with Crippen molar-refractivity contribution in [3.63, 3.8) is 0 Å². The molecule has 3 rings (SSSR count). The van der Waals surface area contributed by atoms with Gasteiger partial charge in [-0.05, 0) is 49.2 Å². The lowest BCUT2D eigenvalue weighted by Gasteiger charge is -2.30. The molecule has 1 atom stereocenters. The van der Waals surface area contributed by atoms with Gasteiger partial charge in [0.15, 0.2) is 0 Å². The van der Waals surface area contributed by atoms with E-state index in [9.17, 15) is 0 Å². The molecule has 0 saturated carbocycles. The van der Waals surface area contributed by atoms with E-state index in [0.29, 0.717) is 6.04 Å². The van der Waals surface area contributed by atoms with E-state index < -0.39 is 0 Å². The van der Waals surface area contributed by atoms with Crippen molar-refractivity contribution in [2.24, 2.45) is 0 Å². The normalized spacial score (nSPS) is 18.1. The fourth-order valence-electron chi connectivity index (χ4n) is 3.09. The van der Waals surface area contributed by atoms with Gasteiger partial charge in [0.25, 0.3) is 0 Å². The molecule has 0 radical (unpaired) electrons. The summed E-state index contributed by atoms with van der Waals surface area (Å²) in [7, 11) is 0. The molecule has 0 aliphatic carbocycles. The Labute approximate surface area is 145 Å². The first-order chi connectivity index (χ1) is 10.8. The van der Waals surface area contributed by atoms with Crippen molar-refractivity contribution < 1.29 is 0 Å². The smallest absolute Gasteiger partial charge is 0.0697 e. The first-order valence-corrected chi connectivity index (χ1v) is 9.67. The highest BCUT2D eigenvalue weighted by atomic mass is 79.9. The van der Waals surface area contributed by atoms with Crippen LogP contribution in [0.3, 0.4) is 0 Å². The van der Waals surface area contributed by atoms with Gasteiger partial charge in [0.2, 0.25) is 0 Å². The summed E-state index contributed by atoms with van der Waals surface area (Å²) in [5.74, 6) is 0. The minimum absolute atomic E-state index is 0.377. The van der Waals surface area contributed by atoms with E-state index in [0.717, 1.165) is 37.1 Å². The van der Waals surface area contributed by atoms with Gasteiger partial charge in [0.05, 0.1) is 6.04 Å². The van der Waals surface area contributed by atoms with Gasteiger partial charge >= 0.3 is 0 Å². The molecule has 1 saturated heterocycles. The highest BCUT2D eigenvalue weighted by molar-refractivity contribution is 9.10. The van der Waals surface area contributed by atoms with Crippen LogP contribution in [-0.4, -0.2) is 31.1 Å². The summed E-state index contributed by atoms with van der Waals surface area (Å²) in [6.45, 7) is 6.71. The molecule has 1 fully saturated rings. The van der Waals surface area contributed by atoms with E-state index >= 15 is 0 Å². The molecule has 1 aliphatic rings. The fourth-order valence-corrected chi connectivity index (χ4v) is 4.62. The zero-order valence-electron chi connectivity index (χ0n) is 13.0. The minimum atomic E-state index is 0.377. The lowest BCUT2D eigenvalue weighted by atomic mass is 10.0. The van der Waals surface area contributed by atoms with Gasteiger partial charge in [-0.2, -0.15) is 0 Å². The summed E-state index contributed by atoms with van der Waals surface area (Å²) in [5.41, 5.74) is 1.39. The Morgan fingerprint density at radius 3 is 2.91 bits per heavy atom. The first-order valence-electron chi connectivity index (χ1n) is 8.07. The Kier molecular flexibility index (Phi) is 5.69. The Morgan fingerprint density at radius 2 is 2.14 bits per heavy atom. The molecule has 1 aromatic carbocycles.